The molecule has 0 aliphatic heterocycles. The zero-order chi connectivity index (χ0) is 15.2. The van der Waals surface area contributed by atoms with E-state index in [2.05, 4.69) is 0 Å². The van der Waals surface area contributed by atoms with E-state index in [1.165, 1.54) is 12.1 Å². The van der Waals surface area contributed by atoms with Crippen LogP contribution in [0.4, 0.5) is 0 Å². The highest BCUT2D eigenvalue weighted by Gasteiger charge is 2.04. The van der Waals surface area contributed by atoms with Gasteiger partial charge in [0.05, 0.1) is 11.6 Å². The molecule has 4 heteroatoms. The summed E-state index contributed by atoms with van der Waals surface area (Å²) in [5.41, 5.74) is 1.30. The van der Waals surface area contributed by atoms with Gasteiger partial charge >= 0.3 is 0 Å². The first-order valence-electron chi connectivity index (χ1n) is 6.54. The second-order valence-corrected chi connectivity index (χ2v) is 4.78. The molecule has 1 N–H and O–H groups in total. The van der Waals surface area contributed by atoms with E-state index in [4.69, 9.17) is 16.3 Å². The molecule has 21 heavy (non-hydrogen) atoms. The number of phenols is 1. The van der Waals surface area contributed by atoms with Crippen LogP contribution in [0.2, 0.25) is 5.02 Å². The first-order valence-corrected chi connectivity index (χ1v) is 6.91. The quantitative estimate of drug-likeness (QED) is 0.660. The van der Waals surface area contributed by atoms with Crippen molar-refractivity contribution < 1.29 is 14.6 Å². The van der Waals surface area contributed by atoms with Gasteiger partial charge in [-0.1, -0.05) is 35.9 Å². The number of rotatable bonds is 5. The predicted octanol–water partition coefficient (Wildman–Crippen LogP) is 4.34. The minimum atomic E-state index is -0.124. The smallest absolute Gasteiger partial charge is 0.185 e. The molecule has 0 radical (unpaired) electrons. The van der Waals surface area contributed by atoms with Crippen LogP contribution in [0.15, 0.2) is 48.5 Å². The van der Waals surface area contributed by atoms with E-state index in [1.54, 1.807) is 36.4 Å². The summed E-state index contributed by atoms with van der Waals surface area (Å²) in [6, 6.07) is 11.8. The number of hydrogen-bond donors (Lipinski definition) is 1. The molecule has 2 rings (SSSR count). The zero-order valence-corrected chi connectivity index (χ0v) is 12.3. The van der Waals surface area contributed by atoms with Gasteiger partial charge in [0.25, 0.3) is 0 Å². The minimum Gasteiger partial charge on any atom is -0.506 e. The Kier molecular flexibility index (Phi) is 5.01. The van der Waals surface area contributed by atoms with Crippen LogP contribution in [0.1, 0.15) is 22.8 Å². The Labute approximate surface area is 128 Å². The summed E-state index contributed by atoms with van der Waals surface area (Å²) in [5.74, 6) is 0.565. The highest BCUT2D eigenvalue weighted by molar-refractivity contribution is 6.32. The predicted molar refractivity (Wildman–Crippen MR) is 84.1 cm³/mol. The molecule has 0 amide bonds. The van der Waals surface area contributed by atoms with Gasteiger partial charge in [-0.25, -0.2) is 0 Å². The molecule has 2 aromatic carbocycles. The highest BCUT2D eigenvalue weighted by atomic mass is 35.5. The fourth-order valence-corrected chi connectivity index (χ4v) is 1.99. The van der Waals surface area contributed by atoms with E-state index in [9.17, 15) is 9.90 Å². The van der Waals surface area contributed by atoms with Gasteiger partial charge in [0, 0.05) is 5.56 Å². The molecule has 0 heterocycles. The largest absolute Gasteiger partial charge is 0.506 e. The molecular weight excluding hydrogens is 288 g/mol. The van der Waals surface area contributed by atoms with E-state index in [0.29, 0.717) is 17.9 Å². The summed E-state index contributed by atoms with van der Waals surface area (Å²) < 4.78 is 5.37. The van der Waals surface area contributed by atoms with Crippen molar-refractivity contribution in [1.29, 1.82) is 0 Å². The molecule has 2 aromatic rings. The number of halogens is 1. The summed E-state index contributed by atoms with van der Waals surface area (Å²) >= 11 is 5.82. The number of aromatic hydroxyl groups is 1. The Hall–Kier alpha value is -2.26. The average Bonchev–Trinajstić information content (AvgIpc) is 2.49. The maximum atomic E-state index is 12.1. The number of allylic oxidation sites excluding steroid dienone is 1. The molecule has 0 bridgehead atoms. The van der Waals surface area contributed by atoms with Gasteiger partial charge < -0.3 is 9.84 Å². The number of carbonyl (C=O) groups excluding carboxylic acids is 1. The lowest BCUT2D eigenvalue weighted by atomic mass is 10.1. The Bertz CT molecular complexity index is 677. The Balaban J connectivity index is 2.15. The van der Waals surface area contributed by atoms with Crippen molar-refractivity contribution in [3.63, 3.8) is 0 Å². The molecule has 0 spiro atoms. The maximum Gasteiger partial charge on any atom is 0.185 e. The van der Waals surface area contributed by atoms with Gasteiger partial charge in [0.2, 0.25) is 0 Å². The summed E-state index contributed by atoms with van der Waals surface area (Å²) in [7, 11) is 0. The first-order chi connectivity index (χ1) is 10.1. The number of ketones is 1. The Morgan fingerprint density at radius 1 is 1.29 bits per heavy atom. The molecule has 108 valence electrons. The van der Waals surface area contributed by atoms with Gasteiger partial charge in [-0.2, -0.15) is 0 Å². The average molecular weight is 303 g/mol. The van der Waals surface area contributed by atoms with Gasteiger partial charge in [-0.3, -0.25) is 4.79 Å². The van der Waals surface area contributed by atoms with E-state index in [0.717, 1.165) is 5.56 Å². The van der Waals surface area contributed by atoms with Crippen molar-refractivity contribution in [3.8, 4) is 11.5 Å². The van der Waals surface area contributed by atoms with Gasteiger partial charge in [0.1, 0.15) is 11.5 Å². The number of hydrogen-bond acceptors (Lipinski definition) is 3. The minimum absolute atomic E-state index is 0.0181. The van der Waals surface area contributed by atoms with Crippen LogP contribution in [-0.2, 0) is 0 Å². The lowest BCUT2D eigenvalue weighted by Crippen LogP contribution is -1.97. The fourth-order valence-electron chi connectivity index (χ4n) is 1.80. The van der Waals surface area contributed by atoms with E-state index in [-0.39, 0.29) is 16.6 Å². The third kappa shape index (κ3) is 4.10. The molecule has 0 fully saturated rings. The molecule has 0 aliphatic carbocycles. The molecule has 0 saturated heterocycles. The number of phenolic OH excluding ortho intramolecular Hbond substituents is 1. The fraction of sp³-hybridized carbons (Fsp3) is 0.118. The molecule has 0 unspecified atom stereocenters. The van der Waals surface area contributed by atoms with Crippen molar-refractivity contribution in [2.24, 2.45) is 0 Å². The van der Waals surface area contributed by atoms with Gasteiger partial charge in [-0.05, 0) is 42.8 Å². The second kappa shape index (κ2) is 6.95. The molecule has 0 atom stereocenters. The molecule has 0 saturated carbocycles. The van der Waals surface area contributed by atoms with Crippen LogP contribution in [0.3, 0.4) is 0 Å². The van der Waals surface area contributed by atoms with Crippen LogP contribution in [0.5, 0.6) is 11.5 Å². The normalized spacial score (nSPS) is 10.8. The van der Waals surface area contributed by atoms with Crippen molar-refractivity contribution in [1.82, 2.24) is 0 Å². The van der Waals surface area contributed by atoms with Crippen LogP contribution in [0.25, 0.3) is 6.08 Å². The maximum absolute atomic E-state index is 12.1. The number of benzene rings is 2. The van der Waals surface area contributed by atoms with Gasteiger partial charge in [0.15, 0.2) is 5.78 Å². The van der Waals surface area contributed by atoms with Crippen molar-refractivity contribution in [3.05, 3.63) is 64.7 Å². The van der Waals surface area contributed by atoms with E-state index < -0.39 is 0 Å². The SMILES string of the molecule is CCOc1cccc(C(=O)/C=C/c2ccc(O)c(Cl)c2)c1. The second-order valence-electron chi connectivity index (χ2n) is 4.37. The van der Waals surface area contributed by atoms with Crippen LogP contribution < -0.4 is 4.74 Å². The lowest BCUT2D eigenvalue weighted by molar-refractivity contribution is 0.104. The van der Waals surface area contributed by atoms with Crippen molar-refractivity contribution >= 4 is 23.5 Å². The Morgan fingerprint density at radius 3 is 2.81 bits per heavy atom. The Morgan fingerprint density at radius 2 is 2.10 bits per heavy atom. The number of ether oxygens (including phenoxy) is 1. The van der Waals surface area contributed by atoms with E-state index in [1.807, 2.05) is 13.0 Å². The summed E-state index contributed by atoms with van der Waals surface area (Å²) in [6.07, 6.45) is 3.12. The first kappa shape index (κ1) is 15.1. The zero-order valence-electron chi connectivity index (χ0n) is 11.5. The summed E-state index contributed by atoms with van der Waals surface area (Å²) in [4.78, 5) is 12.1. The van der Waals surface area contributed by atoms with Gasteiger partial charge in [-0.15, -0.1) is 0 Å². The summed E-state index contributed by atoms with van der Waals surface area (Å²) in [5, 5.41) is 9.60. The van der Waals surface area contributed by atoms with Crippen molar-refractivity contribution in [2.45, 2.75) is 6.92 Å². The highest BCUT2D eigenvalue weighted by Crippen LogP contribution is 2.24. The molecular formula is C17H15ClO3. The van der Waals surface area contributed by atoms with Crippen LogP contribution in [-0.4, -0.2) is 17.5 Å². The molecule has 0 aliphatic rings. The van der Waals surface area contributed by atoms with Crippen LogP contribution >= 0.6 is 11.6 Å². The third-order valence-electron chi connectivity index (χ3n) is 2.83. The molecule has 0 aromatic heterocycles. The van der Waals surface area contributed by atoms with Crippen molar-refractivity contribution in [2.75, 3.05) is 6.61 Å². The number of carbonyl (C=O) groups is 1. The topological polar surface area (TPSA) is 46.5 Å². The lowest BCUT2D eigenvalue weighted by Gasteiger charge is -2.03. The van der Waals surface area contributed by atoms with Crippen LogP contribution in [0, 0.1) is 0 Å². The standard InChI is InChI=1S/C17H15ClO3/c1-2-21-14-5-3-4-13(11-14)16(19)8-6-12-7-9-17(20)15(18)10-12/h3-11,20H,2H2,1H3/b8-6+. The summed E-state index contributed by atoms with van der Waals surface area (Å²) in [6.45, 7) is 2.45. The molecule has 3 nitrogen and oxygen atoms in total. The van der Waals surface area contributed by atoms with E-state index >= 15 is 0 Å². The monoisotopic (exact) mass is 302 g/mol. The third-order valence-corrected chi connectivity index (χ3v) is 3.13.